The van der Waals surface area contributed by atoms with E-state index in [1.54, 1.807) is 36.7 Å². The lowest BCUT2D eigenvalue weighted by atomic mass is 10.1. The van der Waals surface area contributed by atoms with Crippen LogP contribution in [-0.2, 0) is 16.9 Å². The van der Waals surface area contributed by atoms with Crippen LogP contribution in [0, 0.1) is 12.7 Å². The molecule has 0 amide bonds. The van der Waals surface area contributed by atoms with Crippen LogP contribution in [0.25, 0.3) is 22.2 Å². The maximum absolute atomic E-state index is 14.9. The van der Waals surface area contributed by atoms with Gasteiger partial charge in [0, 0.05) is 18.9 Å². The summed E-state index contributed by atoms with van der Waals surface area (Å²) >= 11 is 5.96. The molecule has 2 heterocycles. The van der Waals surface area contributed by atoms with Gasteiger partial charge < -0.3 is 4.57 Å². The molecule has 0 spiro atoms. The first-order chi connectivity index (χ1) is 10.7. The van der Waals surface area contributed by atoms with Gasteiger partial charge in [0.2, 0.25) is 0 Å². The van der Waals surface area contributed by atoms with Gasteiger partial charge in [0.1, 0.15) is 5.15 Å². The van der Waals surface area contributed by atoms with Crippen molar-refractivity contribution in [1.29, 1.82) is 0 Å². The molecule has 0 radical (unpaired) electrons. The van der Waals surface area contributed by atoms with Gasteiger partial charge in [-0.05, 0) is 25.1 Å². The van der Waals surface area contributed by atoms with Gasteiger partial charge >= 0.3 is 0 Å². The van der Waals surface area contributed by atoms with Crippen molar-refractivity contribution < 1.29 is 12.8 Å². The lowest BCUT2D eigenvalue weighted by Crippen LogP contribution is -1.97. The molecule has 3 aromatic rings. The Morgan fingerprint density at radius 2 is 1.83 bits per heavy atom. The summed E-state index contributed by atoms with van der Waals surface area (Å²) in [5, 5.41) is 0.716. The molecule has 2 aromatic heterocycles. The highest BCUT2D eigenvalue weighted by molar-refractivity contribution is 7.90. The third-order valence-corrected chi connectivity index (χ3v) is 5.15. The smallest absolute Gasteiger partial charge is 0.175 e. The van der Waals surface area contributed by atoms with Gasteiger partial charge in [-0.15, -0.1) is 0 Å². The maximum Gasteiger partial charge on any atom is 0.175 e. The van der Waals surface area contributed by atoms with Crippen molar-refractivity contribution >= 4 is 32.3 Å². The summed E-state index contributed by atoms with van der Waals surface area (Å²) in [7, 11) is -1.55. The fraction of sp³-hybridized carbons (Fsp3) is 0.188. The van der Waals surface area contributed by atoms with E-state index >= 15 is 0 Å². The maximum atomic E-state index is 14.9. The summed E-state index contributed by atoms with van der Waals surface area (Å²) < 4.78 is 39.6. The molecule has 0 bridgehead atoms. The SMILES string of the molecule is Cc1nc(Cl)cc2c1c(F)c(-c1ccc(S(C)(=O)=O)cc1)n2C. The van der Waals surface area contributed by atoms with Crippen LogP contribution in [0.5, 0.6) is 0 Å². The van der Waals surface area contributed by atoms with Gasteiger partial charge in [-0.1, -0.05) is 23.7 Å². The minimum absolute atomic E-state index is 0.196. The largest absolute Gasteiger partial charge is 0.341 e. The minimum atomic E-state index is -3.29. The fourth-order valence-electron chi connectivity index (χ4n) is 2.72. The Labute approximate surface area is 138 Å². The summed E-state index contributed by atoms with van der Waals surface area (Å²) in [5.41, 5.74) is 2.11. The molecule has 7 heteroatoms. The van der Waals surface area contributed by atoms with Gasteiger partial charge in [0.25, 0.3) is 0 Å². The minimum Gasteiger partial charge on any atom is -0.341 e. The van der Waals surface area contributed by atoms with E-state index in [4.69, 9.17) is 11.6 Å². The first-order valence-corrected chi connectivity index (χ1v) is 9.08. The van der Waals surface area contributed by atoms with Crippen LogP contribution in [0.4, 0.5) is 4.39 Å². The van der Waals surface area contributed by atoms with Gasteiger partial charge in [0.05, 0.1) is 27.2 Å². The lowest BCUT2D eigenvalue weighted by Gasteiger charge is -2.06. The highest BCUT2D eigenvalue weighted by Gasteiger charge is 2.20. The highest BCUT2D eigenvalue weighted by Crippen LogP contribution is 2.34. The molecule has 0 aliphatic heterocycles. The molecule has 23 heavy (non-hydrogen) atoms. The molecule has 0 saturated heterocycles. The van der Waals surface area contributed by atoms with E-state index < -0.39 is 15.7 Å². The predicted molar refractivity (Wildman–Crippen MR) is 89.0 cm³/mol. The Bertz CT molecular complexity index is 1020. The number of sulfone groups is 1. The molecule has 0 N–H and O–H groups in total. The summed E-state index contributed by atoms with van der Waals surface area (Å²) in [6.07, 6.45) is 1.14. The van der Waals surface area contributed by atoms with E-state index in [0.717, 1.165) is 6.26 Å². The number of aryl methyl sites for hydroxylation is 2. The average Bonchev–Trinajstić information content (AvgIpc) is 2.70. The van der Waals surface area contributed by atoms with Crippen molar-refractivity contribution in [3.8, 4) is 11.3 Å². The van der Waals surface area contributed by atoms with E-state index in [2.05, 4.69) is 4.98 Å². The van der Waals surface area contributed by atoms with Crippen LogP contribution in [-0.4, -0.2) is 24.2 Å². The summed E-state index contributed by atoms with van der Waals surface area (Å²) in [6, 6.07) is 7.75. The van der Waals surface area contributed by atoms with Gasteiger partial charge in [0.15, 0.2) is 15.7 Å². The number of halogens is 2. The molecule has 0 fully saturated rings. The number of pyridine rings is 1. The van der Waals surface area contributed by atoms with Crippen LogP contribution in [0.2, 0.25) is 5.15 Å². The topological polar surface area (TPSA) is 52.0 Å². The first kappa shape index (κ1) is 16.0. The average molecular weight is 353 g/mol. The third kappa shape index (κ3) is 2.62. The van der Waals surface area contributed by atoms with Gasteiger partial charge in [-0.2, -0.15) is 0 Å². The van der Waals surface area contributed by atoms with Crippen LogP contribution >= 0.6 is 11.6 Å². The van der Waals surface area contributed by atoms with E-state index in [-0.39, 0.29) is 4.90 Å². The standard InChI is InChI=1S/C16H14ClFN2O2S/c1-9-14-12(8-13(17)19-9)20(2)16(15(14)18)10-4-6-11(7-5-10)23(3,21)22/h4-8H,1-3H3. The number of hydrogen-bond acceptors (Lipinski definition) is 3. The predicted octanol–water partition coefficient (Wildman–Crippen LogP) is 3.74. The summed E-state index contributed by atoms with van der Waals surface area (Å²) in [4.78, 5) is 4.29. The summed E-state index contributed by atoms with van der Waals surface area (Å²) in [6.45, 7) is 1.70. The van der Waals surface area contributed by atoms with Gasteiger partial charge in [-0.3, -0.25) is 0 Å². The molecule has 3 rings (SSSR count). The normalized spacial score (nSPS) is 12.0. The zero-order valence-corrected chi connectivity index (χ0v) is 14.3. The highest BCUT2D eigenvalue weighted by atomic mass is 35.5. The Hall–Kier alpha value is -1.92. The first-order valence-electron chi connectivity index (χ1n) is 6.81. The van der Waals surface area contributed by atoms with E-state index in [0.29, 0.717) is 33.0 Å². The second-order valence-electron chi connectivity index (χ2n) is 5.44. The zero-order valence-electron chi connectivity index (χ0n) is 12.8. The van der Waals surface area contributed by atoms with Crippen LogP contribution in [0.15, 0.2) is 35.2 Å². The second-order valence-corrected chi connectivity index (χ2v) is 7.85. The fourth-order valence-corrected chi connectivity index (χ4v) is 3.58. The monoisotopic (exact) mass is 352 g/mol. The molecule has 0 unspecified atom stereocenters. The Balaban J connectivity index is 2.27. The van der Waals surface area contributed by atoms with E-state index in [9.17, 15) is 12.8 Å². The molecule has 0 atom stereocenters. The van der Waals surface area contributed by atoms with Crippen molar-refractivity contribution in [3.05, 3.63) is 47.0 Å². The molecular weight excluding hydrogens is 339 g/mol. The summed E-state index contributed by atoms with van der Waals surface area (Å²) in [5.74, 6) is -0.392. The molecule has 0 aliphatic carbocycles. The quantitative estimate of drug-likeness (QED) is 0.660. The number of nitrogens with zero attached hydrogens (tertiary/aromatic N) is 2. The van der Waals surface area contributed by atoms with Crippen molar-refractivity contribution in [2.45, 2.75) is 11.8 Å². The van der Waals surface area contributed by atoms with Crippen LogP contribution < -0.4 is 0 Å². The van der Waals surface area contributed by atoms with Crippen molar-refractivity contribution in [3.63, 3.8) is 0 Å². The second kappa shape index (κ2) is 5.32. The zero-order chi connectivity index (χ0) is 16.9. The van der Waals surface area contributed by atoms with Crippen LogP contribution in [0.3, 0.4) is 0 Å². The Kier molecular flexibility index (Phi) is 3.69. The number of fused-ring (bicyclic) bond motifs is 1. The Morgan fingerprint density at radius 3 is 2.39 bits per heavy atom. The number of hydrogen-bond donors (Lipinski definition) is 0. The molecule has 4 nitrogen and oxygen atoms in total. The third-order valence-electron chi connectivity index (χ3n) is 3.83. The van der Waals surface area contributed by atoms with Crippen molar-refractivity contribution in [2.24, 2.45) is 7.05 Å². The Morgan fingerprint density at radius 1 is 1.22 bits per heavy atom. The van der Waals surface area contributed by atoms with Gasteiger partial charge in [-0.25, -0.2) is 17.8 Å². The lowest BCUT2D eigenvalue weighted by molar-refractivity contribution is 0.602. The van der Waals surface area contributed by atoms with Crippen LogP contribution in [0.1, 0.15) is 5.69 Å². The molecule has 0 saturated carbocycles. The van der Waals surface area contributed by atoms with E-state index in [1.807, 2.05) is 0 Å². The molecule has 0 aliphatic rings. The number of aromatic nitrogens is 2. The molecule has 120 valence electrons. The number of benzene rings is 1. The molecule has 1 aromatic carbocycles. The molecular formula is C16H14ClFN2O2S. The van der Waals surface area contributed by atoms with Crippen molar-refractivity contribution in [1.82, 2.24) is 9.55 Å². The number of rotatable bonds is 2. The van der Waals surface area contributed by atoms with Crippen molar-refractivity contribution in [2.75, 3.05) is 6.26 Å². The van der Waals surface area contributed by atoms with E-state index in [1.165, 1.54) is 12.1 Å².